The highest BCUT2D eigenvalue weighted by atomic mass is 19.1. The van der Waals surface area contributed by atoms with Gasteiger partial charge in [-0.15, -0.1) is 0 Å². The second kappa shape index (κ2) is 6.01. The number of amides is 1. The minimum atomic E-state index is -0.898. The van der Waals surface area contributed by atoms with Crippen LogP contribution in [0.2, 0.25) is 0 Å². The summed E-state index contributed by atoms with van der Waals surface area (Å²) in [5, 5.41) is 2.26. The van der Waals surface area contributed by atoms with E-state index in [-0.39, 0.29) is 18.0 Å². The Morgan fingerprint density at radius 1 is 1.15 bits per heavy atom. The van der Waals surface area contributed by atoms with Gasteiger partial charge in [0.15, 0.2) is 6.61 Å². The average molecular weight is 278 g/mol. The number of anilines is 2. The molecule has 0 aliphatic heterocycles. The topological polar surface area (TPSA) is 64.3 Å². The zero-order valence-electron chi connectivity index (χ0n) is 10.4. The summed E-state index contributed by atoms with van der Waals surface area (Å²) < 4.78 is 31.6. The maximum absolute atomic E-state index is 13.4. The van der Waals surface area contributed by atoms with Crippen LogP contribution in [-0.2, 0) is 4.79 Å². The average Bonchev–Trinajstić information content (AvgIpc) is 2.44. The third-order valence-corrected chi connectivity index (χ3v) is 2.47. The Kier molecular flexibility index (Phi) is 4.14. The third-order valence-electron chi connectivity index (χ3n) is 2.47. The molecule has 0 fully saturated rings. The highest BCUT2D eigenvalue weighted by molar-refractivity contribution is 5.92. The Labute approximate surface area is 114 Å². The molecule has 20 heavy (non-hydrogen) atoms. The fraction of sp³-hybridized carbons (Fsp3) is 0.0714. The molecule has 6 heteroatoms. The Hall–Kier alpha value is -2.63. The molecule has 0 radical (unpaired) electrons. The summed E-state index contributed by atoms with van der Waals surface area (Å²) in [6.07, 6.45) is 0. The predicted octanol–water partition coefficient (Wildman–Crippen LogP) is 2.56. The van der Waals surface area contributed by atoms with E-state index in [1.165, 1.54) is 0 Å². The number of nitrogens with two attached hydrogens (primary N) is 1. The molecule has 3 N–H and O–H groups in total. The number of para-hydroxylation sites is 1. The van der Waals surface area contributed by atoms with Crippen molar-refractivity contribution in [2.45, 2.75) is 0 Å². The Bertz CT molecular complexity index is 618. The molecule has 0 saturated carbocycles. The number of rotatable bonds is 4. The van der Waals surface area contributed by atoms with Crippen molar-refractivity contribution in [2.75, 3.05) is 17.7 Å². The van der Waals surface area contributed by atoms with Gasteiger partial charge in [0.2, 0.25) is 0 Å². The van der Waals surface area contributed by atoms with Crippen molar-refractivity contribution in [3.8, 4) is 5.75 Å². The summed E-state index contributed by atoms with van der Waals surface area (Å²) in [5.41, 5.74) is 4.87. The normalized spacial score (nSPS) is 10.1. The van der Waals surface area contributed by atoms with Crippen molar-refractivity contribution in [3.63, 3.8) is 0 Å². The number of hydrogen-bond donors (Lipinski definition) is 2. The van der Waals surface area contributed by atoms with Gasteiger partial charge in [0.05, 0.1) is 11.4 Å². The lowest BCUT2D eigenvalue weighted by molar-refractivity contribution is -0.118. The SMILES string of the molecule is Nc1cc(NC(=O)COc2ccccc2)c(F)cc1F. The molecule has 4 nitrogen and oxygen atoms in total. The molecule has 0 unspecified atom stereocenters. The lowest BCUT2D eigenvalue weighted by atomic mass is 10.2. The van der Waals surface area contributed by atoms with Crippen molar-refractivity contribution in [1.82, 2.24) is 0 Å². The van der Waals surface area contributed by atoms with E-state index in [1.807, 2.05) is 6.07 Å². The Morgan fingerprint density at radius 3 is 2.55 bits per heavy atom. The van der Waals surface area contributed by atoms with Gasteiger partial charge < -0.3 is 15.8 Å². The van der Waals surface area contributed by atoms with Gasteiger partial charge in [-0.1, -0.05) is 18.2 Å². The number of hydrogen-bond acceptors (Lipinski definition) is 3. The fourth-order valence-corrected chi connectivity index (χ4v) is 1.51. The van der Waals surface area contributed by atoms with Gasteiger partial charge in [0.25, 0.3) is 5.91 Å². The molecular weight excluding hydrogens is 266 g/mol. The van der Waals surface area contributed by atoms with Crippen molar-refractivity contribution in [1.29, 1.82) is 0 Å². The Morgan fingerprint density at radius 2 is 1.85 bits per heavy atom. The van der Waals surface area contributed by atoms with Crippen LogP contribution in [0.4, 0.5) is 20.2 Å². The van der Waals surface area contributed by atoms with Crippen molar-refractivity contribution < 1.29 is 18.3 Å². The monoisotopic (exact) mass is 278 g/mol. The first kappa shape index (κ1) is 13.8. The molecule has 2 aromatic rings. The standard InChI is InChI=1S/C14H12F2N2O2/c15-10-6-11(16)13(7-12(10)17)18-14(19)8-20-9-4-2-1-3-5-9/h1-7H,8,17H2,(H,18,19). The quantitative estimate of drug-likeness (QED) is 0.845. The summed E-state index contributed by atoms with van der Waals surface area (Å²) in [6, 6.07) is 10.3. The first-order valence-electron chi connectivity index (χ1n) is 5.78. The fourth-order valence-electron chi connectivity index (χ4n) is 1.51. The van der Waals surface area contributed by atoms with E-state index in [9.17, 15) is 13.6 Å². The second-order valence-electron chi connectivity index (χ2n) is 4.00. The van der Waals surface area contributed by atoms with Crippen LogP contribution < -0.4 is 15.8 Å². The number of carbonyl (C=O) groups is 1. The van der Waals surface area contributed by atoms with Gasteiger partial charge in [0.1, 0.15) is 17.4 Å². The number of nitrogens with one attached hydrogen (secondary N) is 1. The molecule has 0 saturated heterocycles. The number of carbonyl (C=O) groups excluding carboxylic acids is 1. The van der Waals surface area contributed by atoms with Crippen molar-refractivity contribution in [3.05, 3.63) is 54.1 Å². The summed E-state index contributed by atoms with van der Waals surface area (Å²) >= 11 is 0. The van der Waals surface area contributed by atoms with Crippen LogP contribution in [0, 0.1) is 11.6 Å². The van der Waals surface area contributed by atoms with Gasteiger partial charge in [-0.05, 0) is 18.2 Å². The molecule has 0 heterocycles. The Balaban J connectivity index is 1.97. The van der Waals surface area contributed by atoms with E-state index < -0.39 is 17.5 Å². The largest absolute Gasteiger partial charge is 0.484 e. The van der Waals surface area contributed by atoms with Gasteiger partial charge in [0, 0.05) is 6.07 Å². The molecule has 0 aliphatic rings. The highest BCUT2D eigenvalue weighted by Crippen LogP contribution is 2.21. The zero-order chi connectivity index (χ0) is 14.5. The van der Waals surface area contributed by atoms with Gasteiger partial charge in [-0.3, -0.25) is 4.79 Å². The third kappa shape index (κ3) is 3.44. The van der Waals surface area contributed by atoms with E-state index in [1.54, 1.807) is 24.3 Å². The summed E-state index contributed by atoms with van der Waals surface area (Å²) in [7, 11) is 0. The number of nitrogen functional groups attached to an aromatic ring is 1. The van der Waals surface area contributed by atoms with E-state index >= 15 is 0 Å². The minimum Gasteiger partial charge on any atom is -0.484 e. The van der Waals surface area contributed by atoms with E-state index in [4.69, 9.17) is 10.5 Å². The van der Waals surface area contributed by atoms with Crippen molar-refractivity contribution >= 4 is 17.3 Å². The first-order chi connectivity index (χ1) is 9.56. The lowest BCUT2D eigenvalue weighted by Gasteiger charge is -2.09. The molecule has 0 aromatic heterocycles. The molecule has 0 bridgehead atoms. The van der Waals surface area contributed by atoms with Crippen LogP contribution >= 0.6 is 0 Å². The molecule has 0 atom stereocenters. The highest BCUT2D eigenvalue weighted by Gasteiger charge is 2.11. The predicted molar refractivity (Wildman–Crippen MR) is 71.3 cm³/mol. The zero-order valence-corrected chi connectivity index (χ0v) is 10.4. The molecule has 0 spiro atoms. The summed E-state index contributed by atoms with van der Waals surface area (Å²) in [6.45, 7) is -0.291. The first-order valence-corrected chi connectivity index (χ1v) is 5.78. The number of ether oxygens (including phenoxy) is 1. The van der Waals surface area contributed by atoms with Crippen LogP contribution in [0.25, 0.3) is 0 Å². The van der Waals surface area contributed by atoms with Crippen LogP contribution in [0.15, 0.2) is 42.5 Å². The maximum atomic E-state index is 13.4. The molecular formula is C14H12F2N2O2. The van der Waals surface area contributed by atoms with Crippen LogP contribution in [0.1, 0.15) is 0 Å². The molecule has 2 rings (SSSR count). The van der Waals surface area contributed by atoms with E-state index in [2.05, 4.69) is 5.32 Å². The van der Waals surface area contributed by atoms with Crippen LogP contribution in [0.5, 0.6) is 5.75 Å². The second-order valence-corrected chi connectivity index (χ2v) is 4.00. The van der Waals surface area contributed by atoms with Crippen LogP contribution in [0.3, 0.4) is 0 Å². The van der Waals surface area contributed by atoms with E-state index in [0.29, 0.717) is 11.8 Å². The molecule has 1 amide bonds. The number of benzene rings is 2. The molecule has 2 aromatic carbocycles. The van der Waals surface area contributed by atoms with Gasteiger partial charge in [-0.2, -0.15) is 0 Å². The summed E-state index contributed by atoms with van der Waals surface area (Å²) in [5.74, 6) is -1.83. The van der Waals surface area contributed by atoms with Crippen molar-refractivity contribution in [2.24, 2.45) is 0 Å². The van der Waals surface area contributed by atoms with E-state index in [0.717, 1.165) is 6.07 Å². The lowest BCUT2D eigenvalue weighted by Crippen LogP contribution is -2.21. The maximum Gasteiger partial charge on any atom is 0.262 e. The smallest absolute Gasteiger partial charge is 0.262 e. The minimum absolute atomic E-state index is 0.189. The molecule has 104 valence electrons. The number of halogens is 2. The molecule has 0 aliphatic carbocycles. The van der Waals surface area contributed by atoms with Gasteiger partial charge in [-0.25, -0.2) is 8.78 Å². The summed E-state index contributed by atoms with van der Waals surface area (Å²) in [4.78, 5) is 11.6. The van der Waals surface area contributed by atoms with Crippen LogP contribution in [-0.4, -0.2) is 12.5 Å². The van der Waals surface area contributed by atoms with Gasteiger partial charge >= 0.3 is 0 Å².